The molecule has 0 amide bonds. The first kappa shape index (κ1) is 9.02. The average molecular weight is 191 g/mol. The van der Waals surface area contributed by atoms with Crippen LogP contribution in [0.4, 0.5) is 5.69 Å². The molecule has 0 aliphatic carbocycles. The zero-order chi connectivity index (χ0) is 9.97. The minimum Gasteiger partial charge on any atom is -0.364 e. The maximum atomic E-state index is 5.05. The second-order valence-corrected chi connectivity index (χ2v) is 3.22. The summed E-state index contributed by atoms with van der Waals surface area (Å²) in [6, 6.07) is 6.08. The van der Waals surface area contributed by atoms with Gasteiger partial charge < -0.3 is 14.6 Å². The van der Waals surface area contributed by atoms with Crippen LogP contribution >= 0.6 is 0 Å². The fourth-order valence-electron chi connectivity index (χ4n) is 1.43. The maximum Gasteiger partial charge on any atom is 0.118 e. The van der Waals surface area contributed by atoms with Gasteiger partial charge in [0, 0.05) is 19.8 Å². The fraction of sp³-hybridized carbons (Fsp3) is 0.300. The highest BCUT2D eigenvalue weighted by Crippen LogP contribution is 2.18. The van der Waals surface area contributed by atoms with Crippen molar-refractivity contribution < 1.29 is 4.74 Å². The van der Waals surface area contributed by atoms with Gasteiger partial charge in [-0.05, 0) is 18.2 Å². The normalized spacial score (nSPS) is 10.7. The van der Waals surface area contributed by atoms with E-state index in [1.165, 1.54) is 0 Å². The van der Waals surface area contributed by atoms with Crippen LogP contribution in [-0.4, -0.2) is 30.9 Å². The lowest BCUT2D eigenvalue weighted by molar-refractivity contribution is 0.202. The summed E-state index contributed by atoms with van der Waals surface area (Å²) in [6.45, 7) is 0.583. The SMILES string of the molecule is COCN(C)c1ccc2nc[nH]c2c1. The second-order valence-electron chi connectivity index (χ2n) is 3.22. The average Bonchev–Trinajstić information content (AvgIpc) is 2.64. The molecule has 1 N–H and O–H groups in total. The summed E-state index contributed by atoms with van der Waals surface area (Å²) in [5.41, 5.74) is 3.15. The van der Waals surface area contributed by atoms with Crippen LogP contribution in [0.25, 0.3) is 11.0 Å². The molecule has 0 atom stereocenters. The van der Waals surface area contributed by atoms with E-state index in [-0.39, 0.29) is 0 Å². The summed E-state index contributed by atoms with van der Waals surface area (Å²) < 4.78 is 5.05. The van der Waals surface area contributed by atoms with Crippen molar-refractivity contribution in [3.8, 4) is 0 Å². The van der Waals surface area contributed by atoms with Crippen molar-refractivity contribution in [1.29, 1.82) is 0 Å². The van der Waals surface area contributed by atoms with Crippen molar-refractivity contribution >= 4 is 16.7 Å². The van der Waals surface area contributed by atoms with E-state index in [2.05, 4.69) is 16.0 Å². The molecule has 0 aliphatic rings. The predicted molar refractivity (Wildman–Crippen MR) is 56.4 cm³/mol. The third-order valence-electron chi connectivity index (χ3n) is 2.17. The molecule has 1 aromatic carbocycles. The number of hydrogen-bond acceptors (Lipinski definition) is 3. The molecule has 0 unspecified atom stereocenters. The van der Waals surface area contributed by atoms with Crippen LogP contribution in [0.3, 0.4) is 0 Å². The maximum absolute atomic E-state index is 5.05. The molecule has 0 radical (unpaired) electrons. The number of benzene rings is 1. The van der Waals surface area contributed by atoms with Gasteiger partial charge in [-0.2, -0.15) is 0 Å². The highest BCUT2D eigenvalue weighted by molar-refractivity contribution is 5.78. The van der Waals surface area contributed by atoms with Crippen LogP contribution in [0.15, 0.2) is 24.5 Å². The molecule has 0 bridgehead atoms. The van der Waals surface area contributed by atoms with Crippen molar-refractivity contribution in [2.45, 2.75) is 0 Å². The van der Waals surface area contributed by atoms with Gasteiger partial charge in [0.25, 0.3) is 0 Å². The zero-order valence-corrected chi connectivity index (χ0v) is 8.32. The van der Waals surface area contributed by atoms with E-state index in [4.69, 9.17) is 4.74 Å². The Morgan fingerprint density at radius 1 is 1.50 bits per heavy atom. The smallest absolute Gasteiger partial charge is 0.118 e. The lowest BCUT2D eigenvalue weighted by Gasteiger charge is -2.17. The van der Waals surface area contributed by atoms with Crippen molar-refractivity contribution in [2.75, 3.05) is 25.8 Å². The van der Waals surface area contributed by atoms with E-state index in [0.29, 0.717) is 6.73 Å². The monoisotopic (exact) mass is 191 g/mol. The number of methoxy groups -OCH3 is 1. The Balaban J connectivity index is 2.33. The van der Waals surface area contributed by atoms with Crippen molar-refractivity contribution in [3.63, 3.8) is 0 Å². The molecule has 14 heavy (non-hydrogen) atoms. The fourth-order valence-corrected chi connectivity index (χ4v) is 1.43. The quantitative estimate of drug-likeness (QED) is 0.749. The number of aromatic amines is 1. The summed E-state index contributed by atoms with van der Waals surface area (Å²) in [4.78, 5) is 9.27. The molecule has 0 fully saturated rings. The lowest BCUT2D eigenvalue weighted by atomic mass is 10.2. The van der Waals surface area contributed by atoms with Crippen molar-refractivity contribution in [1.82, 2.24) is 9.97 Å². The number of rotatable bonds is 3. The Labute approximate surface area is 82.5 Å². The summed E-state index contributed by atoms with van der Waals surface area (Å²) in [5, 5.41) is 0. The molecule has 0 saturated heterocycles. The highest BCUT2D eigenvalue weighted by atomic mass is 16.5. The van der Waals surface area contributed by atoms with Crippen molar-refractivity contribution in [2.24, 2.45) is 0 Å². The van der Waals surface area contributed by atoms with Crippen LogP contribution in [0, 0.1) is 0 Å². The van der Waals surface area contributed by atoms with Crippen LogP contribution in [0.5, 0.6) is 0 Å². The standard InChI is InChI=1S/C10H13N3O/c1-13(7-14-2)8-3-4-9-10(5-8)12-6-11-9/h3-6H,7H2,1-2H3,(H,11,12). The summed E-state index contributed by atoms with van der Waals surface area (Å²) in [7, 11) is 3.67. The number of nitrogens with one attached hydrogen (secondary N) is 1. The number of H-pyrrole nitrogens is 1. The Hall–Kier alpha value is -1.55. The van der Waals surface area contributed by atoms with Crippen LogP contribution in [-0.2, 0) is 4.74 Å². The zero-order valence-electron chi connectivity index (χ0n) is 8.32. The number of ether oxygens (including phenoxy) is 1. The highest BCUT2D eigenvalue weighted by Gasteiger charge is 2.02. The van der Waals surface area contributed by atoms with Gasteiger partial charge in [-0.15, -0.1) is 0 Å². The summed E-state index contributed by atoms with van der Waals surface area (Å²) in [5.74, 6) is 0. The third kappa shape index (κ3) is 1.56. The largest absolute Gasteiger partial charge is 0.364 e. The molecular weight excluding hydrogens is 178 g/mol. The number of nitrogens with zero attached hydrogens (tertiary/aromatic N) is 2. The van der Waals surface area contributed by atoms with Crippen molar-refractivity contribution in [3.05, 3.63) is 24.5 Å². The number of aromatic nitrogens is 2. The Kier molecular flexibility index (Phi) is 2.37. The van der Waals surface area contributed by atoms with Crippen LogP contribution < -0.4 is 4.90 Å². The molecule has 74 valence electrons. The molecule has 1 heterocycles. The Morgan fingerprint density at radius 2 is 2.36 bits per heavy atom. The summed E-state index contributed by atoms with van der Waals surface area (Å²) >= 11 is 0. The first-order valence-corrected chi connectivity index (χ1v) is 4.44. The van der Waals surface area contributed by atoms with Gasteiger partial charge in [-0.3, -0.25) is 0 Å². The van der Waals surface area contributed by atoms with Gasteiger partial charge in [0.2, 0.25) is 0 Å². The molecule has 0 spiro atoms. The first-order chi connectivity index (χ1) is 6.81. The van der Waals surface area contributed by atoms with E-state index >= 15 is 0 Å². The van der Waals surface area contributed by atoms with Gasteiger partial charge in [-0.1, -0.05) is 0 Å². The van der Waals surface area contributed by atoms with Crippen LogP contribution in [0.1, 0.15) is 0 Å². The Morgan fingerprint density at radius 3 is 3.14 bits per heavy atom. The molecule has 1 aromatic heterocycles. The van der Waals surface area contributed by atoms with Gasteiger partial charge >= 0.3 is 0 Å². The lowest BCUT2D eigenvalue weighted by Crippen LogP contribution is -2.19. The van der Waals surface area contributed by atoms with Gasteiger partial charge in [0.15, 0.2) is 0 Å². The third-order valence-corrected chi connectivity index (χ3v) is 2.17. The number of anilines is 1. The molecule has 4 heteroatoms. The minimum atomic E-state index is 0.583. The first-order valence-electron chi connectivity index (χ1n) is 4.44. The van der Waals surface area contributed by atoms with E-state index in [1.807, 2.05) is 24.1 Å². The number of hydrogen-bond donors (Lipinski definition) is 1. The molecule has 0 saturated carbocycles. The molecular formula is C10H13N3O. The number of fused-ring (bicyclic) bond motifs is 1. The summed E-state index contributed by atoms with van der Waals surface area (Å²) in [6.07, 6.45) is 1.70. The number of imidazole rings is 1. The van der Waals surface area contributed by atoms with Gasteiger partial charge in [-0.25, -0.2) is 4.98 Å². The molecule has 4 nitrogen and oxygen atoms in total. The van der Waals surface area contributed by atoms with E-state index in [0.717, 1.165) is 16.7 Å². The van der Waals surface area contributed by atoms with Crippen LogP contribution in [0.2, 0.25) is 0 Å². The van der Waals surface area contributed by atoms with Gasteiger partial charge in [0.05, 0.1) is 17.4 Å². The molecule has 0 aliphatic heterocycles. The van der Waals surface area contributed by atoms with E-state index in [1.54, 1.807) is 13.4 Å². The predicted octanol–water partition coefficient (Wildman–Crippen LogP) is 1.60. The van der Waals surface area contributed by atoms with E-state index < -0.39 is 0 Å². The Bertz CT molecular complexity index is 424. The van der Waals surface area contributed by atoms with E-state index in [9.17, 15) is 0 Å². The molecule has 2 rings (SSSR count). The molecule has 2 aromatic rings. The van der Waals surface area contributed by atoms with Gasteiger partial charge in [0.1, 0.15) is 6.73 Å². The topological polar surface area (TPSA) is 41.1 Å². The second kappa shape index (κ2) is 3.67. The minimum absolute atomic E-state index is 0.583.